The lowest BCUT2D eigenvalue weighted by molar-refractivity contribution is 1.02. The number of aromatic nitrogens is 1. The van der Waals surface area contributed by atoms with Crippen molar-refractivity contribution in [2.45, 2.75) is 26.7 Å². The highest BCUT2D eigenvalue weighted by Gasteiger charge is 2.10. The van der Waals surface area contributed by atoms with Crippen molar-refractivity contribution in [1.82, 2.24) is 4.98 Å². The van der Waals surface area contributed by atoms with Gasteiger partial charge >= 0.3 is 0 Å². The van der Waals surface area contributed by atoms with Crippen LogP contribution in [0.3, 0.4) is 0 Å². The topological polar surface area (TPSA) is 38.9 Å². The molecule has 0 fully saturated rings. The van der Waals surface area contributed by atoms with Gasteiger partial charge in [0.15, 0.2) is 5.13 Å². The minimum atomic E-state index is 0.656. The second-order valence-electron chi connectivity index (χ2n) is 4.02. The van der Waals surface area contributed by atoms with Crippen molar-refractivity contribution in [3.8, 4) is 0 Å². The monoisotopic (exact) mass is 266 g/mol. The average Bonchev–Trinajstić information content (AvgIpc) is 2.63. The van der Waals surface area contributed by atoms with Gasteiger partial charge in [-0.25, -0.2) is 4.98 Å². The Kier molecular flexibility index (Phi) is 3.69. The Morgan fingerprint density at radius 3 is 2.82 bits per heavy atom. The summed E-state index contributed by atoms with van der Waals surface area (Å²) in [5, 5.41) is 1.44. The molecular formula is C13H15ClN2S. The van der Waals surface area contributed by atoms with Crippen molar-refractivity contribution in [2.75, 3.05) is 5.73 Å². The number of anilines is 1. The number of aryl methyl sites for hydroxylation is 2. The maximum absolute atomic E-state index is 5.95. The Hall–Kier alpha value is -1.06. The molecule has 2 aromatic rings. The first-order valence-electron chi connectivity index (χ1n) is 5.59. The van der Waals surface area contributed by atoms with Crippen LogP contribution in [-0.2, 0) is 12.8 Å². The van der Waals surface area contributed by atoms with Crippen molar-refractivity contribution in [1.29, 1.82) is 0 Å². The minimum Gasteiger partial charge on any atom is -0.375 e. The zero-order valence-electron chi connectivity index (χ0n) is 9.96. The van der Waals surface area contributed by atoms with E-state index >= 15 is 0 Å². The molecule has 17 heavy (non-hydrogen) atoms. The highest BCUT2D eigenvalue weighted by Crippen LogP contribution is 2.26. The third-order valence-electron chi connectivity index (χ3n) is 2.79. The Bertz CT molecular complexity index is 534. The molecular weight excluding hydrogens is 252 g/mol. The quantitative estimate of drug-likeness (QED) is 0.917. The van der Waals surface area contributed by atoms with E-state index in [2.05, 4.69) is 24.9 Å². The van der Waals surface area contributed by atoms with Gasteiger partial charge in [0.2, 0.25) is 0 Å². The summed E-state index contributed by atoms with van der Waals surface area (Å²) in [6.45, 7) is 4.18. The number of hydrogen-bond donors (Lipinski definition) is 1. The second kappa shape index (κ2) is 5.07. The Balaban J connectivity index is 2.30. The van der Waals surface area contributed by atoms with Crippen LogP contribution in [0.5, 0.6) is 0 Å². The van der Waals surface area contributed by atoms with Gasteiger partial charge in [-0.05, 0) is 36.6 Å². The number of halogens is 1. The first-order valence-corrected chi connectivity index (χ1v) is 6.78. The molecule has 2 N–H and O–H groups in total. The minimum absolute atomic E-state index is 0.656. The lowest BCUT2D eigenvalue weighted by atomic mass is 10.0. The smallest absolute Gasteiger partial charge is 0.180 e. The summed E-state index contributed by atoms with van der Waals surface area (Å²) in [5.41, 5.74) is 9.37. The highest BCUT2D eigenvalue weighted by molar-refractivity contribution is 7.15. The van der Waals surface area contributed by atoms with Crippen molar-refractivity contribution < 1.29 is 0 Å². The molecule has 90 valence electrons. The molecule has 1 heterocycles. The number of hydrogen-bond acceptors (Lipinski definition) is 3. The summed E-state index contributed by atoms with van der Waals surface area (Å²) in [5.74, 6) is 0. The number of rotatable bonds is 3. The van der Waals surface area contributed by atoms with Crippen molar-refractivity contribution in [2.24, 2.45) is 0 Å². The lowest BCUT2D eigenvalue weighted by Gasteiger charge is -2.05. The van der Waals surface area contributed by atoms with Gasteiger partial charge in [0.1, 0.15) is 0 Å². The molecule has 0 saturated heterocycles. The van der Waals surface area contributed by atoms with Gasteiger partial charge in [-0.15, -0.1) is 11.3 Å². The van der Waals surface area contributed by atoms with E-state index in [0.29, 0.717) is 5.13 Å². The van der Waals surface area contributed by atoms with E-state index in [0.717, 1.165) is 23.6 Å². The Morgan fingerprint density at radius 2 is 2.18 bits per heavy atom. The van der Waals surface area contributed by atoms with Crippen LogP contribution in [0.1, 0.15) is 28.6 Å². The summed E-state index contributed by atoms with van der Waals surface area (Å²) in [6, 6.07) is 6.00. The van der Waals surface area contributed by atoms with Crippen LogP contribution in [0.2, 0.25) is 5.02 Å². The summed E-state index contributed by atoms with van der Waals surface area (Å²) in [7, 11) is 0. The molecule has 0 saturated carbocycles. The molecule has 4 heteroatoms. The molecule has 0 aliphatic heterocycles. The number of nitrogens with zero attached hydrogens (tertiary/aromatic N) is 1. The first kappa shape index (κ1) is 12.4. The van der Waals surface area contributed by atoms with Crippen LogP contribution < -0.4 is 5.73 Å². The number of thiazole rings is 1. The van der Waals surface area contributed by atoms with Crippen molar-refractivity contribution in [3.63, 3.8) is 0 Å². The molecule has 0 radical (unpaired) electrons. The van der Waals surface area contributed by atoms with E-state index in [-0.39, 0.29) is 0 Å². The van der Waals surface area contributed by atoms with Gasteiger partial charge in [-0.3, -0.25) is 0 Å². The largest absolute Gasteiger partial charge is 0.375 e. The molecule has 2 nitrogen and oxygen atoms in total. The zero-order chi connectivity index (χ0) is 12.4. The Labute approximate surface area is 110 Å². The standard InChI is InChI=1S/C13H15ClN2S/c1-3-11-12(17-13(15)16-11)7-9-4-5-10(14)6-8(9)2/h4-6H,3,7H2,1-2H3,(H2,15,16). The zero-order valence-corrected chi connectivity index (χ0v) is 11.5. The highest BCUT2D eigenvalue weighted by atomic mass is 35.5. The van der Waals surface area contributed by atoms with Crippen molar-refractivity contribution in [3.05, 3.63) is 44.9 Å². The van der Waals surface area contributed by atoms with Gasteiger partial charge in [-0.2, -0.15) is 0 Å². The van der Waals surface area contributed by atoms with Crippen molar-refractivity contribution >= 4 is 28.1 Å². The third kappa shape index (κ3) is 2.79. The van der Waals surface area contributed by atoms with Gasteiger partial charge in [0.05, 0.1) is 5.69 Å². The number of nitrogen functional groups attached to an aromatic ring is 1. The molecule has 0 unspecified atom stereocenters. The van der Waals surface area contributed by atoms with E-state index in [1.807, 2.05) is 12.1 Å². The molecule has 0 aliphatic carbocycles. The number of nitrogens with two attached hydrogens (primary N) is 1. The predicted molar refractivity (Wildman–Crippen MR) is 74.9 cm³/mol. The molecule has 2 rings (SSSR count). The lowest BCUT2D eigenvalue weighted by Crippen LogP contribution is -1.93. The molecule has 0 amide bonds. The summed E-state index contributed by atoms with van der Waals surface area (Å²) >= 11 is 7.53. The third-order valence-corrected chi connectivity index (χ3v) is 3.95. The fourth-order valence-corrected chi connectivity index (χ4v) is 3.02. The van der Waals surface area contributed by atoms with Crippen LogP contribution in [0, 0.1) is 6.92 Å². The first-order chi connectivity index (χ1) is 8.10. The summed E-state index contributed by atoms with van der Waals surface area (Å²) in [6.07, 6.45) is 1.82. The van der Waals surface area contributed by atoms with Gasteiger partial charge in [0.25, 0.3) is 0 Å². The maximum atomic E-state index is 5.95. The Morgan fingerprint density at radius 1 is 1.41 bits per heavy atom. The van der Waals surface area contributed by atoms with E-state index < -0.39 is 0 Å². The number of benzene rings is 1. The normalized spacial score (nSPS) is 10.8. The van der Waals surface area contributed by atoms with Gasteiger partial charge in [0, 0.05) is 16.3 Å². The molecule has 1 aromatic heterocycles. The molecule has 0 aliphatic rings. The van der Waals surface area contributed by atoms with E-state index in [1.54, 1.807) is 11.3 Å². The van der Waals surface area contributed by atoms with E-state index in [9.17, 15) is 0 Å². The van der Waals surface area contributed by atoms with Crippen LogP contribution in [0.4, 0.5) is 5.13 Å². The molecule has 0 spiro atoms. The SMILES string of the molecule is CCc1nc(N)sc1Cc1ccc(Cl)cc1C. The second-order valence-corrected chi connectivity index (χ2v) is 5.57. The van der Waals surface area contributed by atoms with E-state index in [1.165, 1.54) is 16.0 Å². The maximum Gasteiger partial charge on any atom is 0.180 e. The van der Waals surface area contributed by atoms with Gasteiger partial charge in [-0.1, -0.05) is 24.6 Å². The average molecular weight is 267 g/mol. The van der Waals surface area contributed by atoms with Crippen LogP contribution in [0.25, 0.3) is 0 Å². The molecule has 0 bridgehead atoms. The fourth-order valence-electron chi connectivity index (χ4n) is 1.85. The van der Waals surface area contributed by atoms with E-state index in [4.69, 9.17) is 17.3 Å². The van der Waals surface area contributed by atoms with Crippen LogP contribution in [0.15, 0.2) is 18.2 Å². The van der Waals surface area contributed by atoms with Gasteiger partial charge < -0.3 is 5.73 Å². The van der Waals surface area contributed by atoms with Crippen LogP contribution >= 0.6 is 22.9 Å². The van der Waals surface area contributed by atoms with Crippen LogP contribution in [-0.4, -0.2) is 4.98 Å². The predicted octanol–water partition coefficient (Wildman–Crippen LogP) is 3.84. The summed E-state index contributed by atoms with van der Waals surface area (Å²) in [4.78, 5) is 5.60. The molecule has 0 atom stereocenters. The summed E-state index contributed by atoms with van der Waals surface area (Å²) < 4.78 is 0. The molecule has 1 aromatic carbocycles. The fraction of sp³-hybridized carbons (Fsp3) is 0.308.